The highest BCUT2D eigenvalue weighted by molar-refractivity contribution is 5.95. The number of carbonyl (C=O) groups is 1. The van der Waals surface area contributed by atoms with E-state index in [1.54, 1.807) is 6.92 Å². The van der Waals surface area contributed by atoms with Gasteiger partial charge in [0.1, 0.15) is 11.4 Å². The molecule has 0 aromatic carbocycles. The third-order valence-corrected chi connectivity index (χ3v) is 3.67. The molecule has 0 spiro atoms. The van der Waals surface area contributed by atoms with Crippen LogP contribution in [0.5, 0.6) is 0 Å². The maximum absolute atomic E-state index is 11.7. The summed E-state index contributed by atoms with van der Waals surface area (Å²) in [5, 5.41) is 0. The van der Waals surface area contributed by atoms with Gasteiger partial charge in [-0.15, -0.1) is 0 Å². The van der Waals surface area contributed by atoms with Crippen LogP contribution in [0, 0.1) is 5.92 Å². The monoisotopic (exact) mass is 224 g/mol. The summed E-state index contributed by atoms with van der Waals surface area (Å²) in [5.74, 6) is 1.11. The first-order chi connectivity index (χ1) is 7.43. The highest BCUT2D eigenvalue weighted by Crippen LogP contribution is 2.42. The maximum Gasteiger partial charge on any atom is 0.161 e. The lowest BCUT2D eigenvalue weighted by atomic mass is 9.75. The Morgan fingerprint density at radius 1 is 1.44 bits per heavy atom. The summed E-state index contributed by atoms with van der Waals surface area (Å²) < 4.78 is 11.7. The fourth-order valence-corrected chi connectivity index (χ4v) is 2.95. The number of ether oxygens (including phenoxy) is 2. The van der Waals surface area contributed by atoms with Crippen LogP contribution in [0.4, 0.5) is 0 Å². The number of allylic oxidation sites excluding steroid dienone is 1. The van der Waals surface area contributed by atoms with E-state index < -0.39 is 0 Å². The Balaban J connectivity index is 2.41. The molecule has 0 N–H and O–H groups in total. The molecule has 0 amide bonds. The molecule has 3 heteroatoms. The van der Waals surface area contributed by atoms with Gasteiger partial charge in [0.2, 0.25) is 0 Å². The highest BCUT2D eigenvalue weighted by Gasteiger charge is 2.46. The molecule has 0 aliphatic carbocycles. The molecular formula is C13H20O3. The van der Waals surface area contributed by atoms with Crippen molar-refractivity contribution in [3.8, 4) is 0 Å². The van der Waals surface area contributed by atoms with Gasteiger partial charge in [0.25, 0.3) is 0 Å². The van der Waals surface area contributed by atoms with Crippen molar-refractivity contribution < 1.29 is 14.3 Å². The van der Waals surface area contributed by atoms with E-state index in [0.29, 0.717) is 5.92 Å². The number of carbonyl (C=O) groups excluding carboxylic acids is 1. The zero-order valence-electron chi connectivity index (χ0n) is 10.5. The Morgan fingerprint density at radius 2 is 2.12 bits per heavy atom. The van der Waals surface area contributed by atoms with Crippen LogP contribution in [-0.4, -0.2) is 24.1 Å². The van der Waals surface area contributed by atoms with Crippen molar-refractivity contribution in [3.05, 3.63) is 11.3 Å². The molecule has 0 aromatic rings. The van der Waals surface area contributed by atoms with E-state index in [9.17, 15) is 4.79 Å². The van der Waals surface area contributed by atoms with Crippen molar-refractivity contribution in [2.24, 2.45) is 5.92 Å². The number of hydrogen-bond acceptors (Lipinski definition) is 3. The summed E-state index contributed by atoms with van der Waals surface area (Å²) in [6.07, 6.45) is 2.06. The van der Waals surface area contributed by atoms with Crippen molar-refractivity contribution in [1.82, 2.24) is 0 Å². The third kappa shape index (κ3) is 1.77. The molecule has 2 heterocycles. The number of hydrogen-bond donors (Lipinski definition) is 0. The first kappa shape index (κ1) is 11.6. The minimum Gasteiger partial charge on any atom is -0.492 e. The van der Waals surface area contributed by atoms with Crippen molar-refractivity contribution in [1.29, 1.82) is 0 Å². The maximum atomic E-state index is 11.7. The predicted octanol–water partition coefficient (Wildman–Crippen LogP) is 2.45. The molecule has 2 atom stereocenters. The van der Waals surface area contributed by atoms with Crippen LogP contribution < -0.4 is 0 Å². The first-order valence-electron chi connectivity index (χ1n) is 5.96. The minimum absolute atomic E-state index is 0.0602. The quantitative estimate of drug-likeness (QED) is 0.686. The average molecular weight is 224 g/mol. The van der Waals surface area contributed by atoms with E-state index in [0.717, 1.165) is 30.8 Å². The molecule has 1 saturated heterocycles. The van der Waals surface area contributed by atoms with Gasteiger partial charge >= 0.3 is 0 Å². The van der Waals surface area contributed by atoms with Crippen molar-refractivity contribution >= 4 is 5.78 Å². The lowest BCUT2D eigenvalue weighted by Gasteiger charge is -2.47. The van der Waals surface area contributed by atoms with Crippen LogP contribution in [-0.2, 0) is 14.3 Å². The summed E-state index contributed by atoms with van der Waals surface area (Å²) >= 11 is 0. The Bertz CT molecular complexity index is 341. The van der Waals surface area contributed by atoms with Gasteiger partial charge in [-0.1, -0.05) is 0 Å². The largest absolute Gasteiger partial charge is 0.492 e. The van der Waals surface area contributed by atoms with Gasteiger partial charge < -0.3 is 9.47 Å². The second-order valence-corrected chi connectivity index (χ2v) is 5.27. The van der Waals surface area contributed by atoms with Gasteiger partial charge in [-0.2, -0.15) is 0 Å². The van der Waals surface area contributed by atoms with Crippen molar-refractivity contribution in [2.75, 3.05) is 6.61 Å². The van der Waals surface area contributed by atoms with E-state index in [1.165, 1.54) is 0 Å². The smallest absolute Gasteiger partial charge is 0.161 e. The van der Waals surface area contributed by atoms with Crippen LogP contribution in [0.1, 0.15) is 40.5 Å². The molecule has 0 radical (unpaired) electrons. The van der Waals surface area contributed by atoms with E-state index in [2.05, 4.69) is 13.8 Å². The van der Waals surface area contributed by atoms with Gasteiger partial charge in [0.15, 0.2) is 5.78 Å². The van der Waals surface area contributed by atoms with Crippen LogP contribution in [0.2, 0.25) is 0 Å². The summed E-state index contributed by atoms with van der Waals surface area (Å²) in [4.78, 5) is 11.7. The standard InChI is InChI=1S/C13H20O3/c1-8(14)11-9(2)16-13(3,4)10-6-5-7-15-12(10)11/h10,12H,5-7H2,1-4H3/t10-,12-/m0/s1. The molecule has 2 aliphatic heterocycles. The molecule has 2 aliphatic rings. The number of Topliss-reactive ketones (excluding diaryl/α,β-unsaturated/α-hetero) is 1. The molecule has 2 rings (SSSR count). The van der Waals surface area contributed by atoms with Gasteiger partial charge in [-0.05, 0) is 40.5 Å². The number of rotatable bonds is 1. The Morgan fingerprint density at radius 3 is 2.75 bits per heavy atom. The zero-order chi connectivity index (χ0) is 11.9. The van der Waals surface area contributed by atoms with Gasteiger partial charge in [0.05, 0.1) is 11.7 Å². The zero-order valence-corrected chi connectivity index (χ0v) is 10.5. The average Bonchev–Trinajstić information content (AvgIpc) is 2.15. The van der Waals surface area contributed by atoms with Gasteiger partial charge in [0, 0.05) is 12.5 Å². The third-order valence-electron chi connectivity index (χ3n) is 3.67. The van der Waals surface area contributed by atoms with Gasteiger partial charge in [-0.3, -0.25) is 4.79 Å². The van der Waals surface area contributed by atoms with E-state index in [4.69, 9.17) is 9.47 Å². The number of ketones is 1. The van der Waals surface area contributed by atoms with Crippen LogP contribution in [0.3, 0.4) is 0 Å². The van der Waals surface area contributed by atoms with Crippen molar-refractivity contribution in [2.45, 2.75) is 52.2 Å². The second-order valence-electron chi connectivity index (χ2n) is 5.27. The Labute approximate surface area is 96.8 Å². The molecular weight excluding hydrogens is 204 g/mol. The normalized spacial score (nSPS) is 33.0. The van der Waals surface area contributed by atoms with E-state index >= 15 is 0 Å². The lowest BCUT2D eigenvalue weighted by Crippen LogP contribution is -2.50. The van der Waals surface area contributed by atoms with E-state index in [1.807, 2.05) is 6.92 Å². The molecule has 0 unspecified atom stereocenters. The SMILES string of the molecule is CC(=O)C1=C(C)OC(C)(C)[C@H]2CCCO[C@H]12. The Kier molecular flexibility index (Phi) is 2.82. The molecule has 1 fully saturated rings. The number of fused-ring (bicyclic) bond motifs is 1. The molecule has 0 aromatic heterocycles. The van der Waals surface area contributed by atoms with Gasteiger partial charge in [-0.25, -0.2) is 0 Å². The summed E-state index contributed by atoms with van der Waals surface area (Å²) in [6, 6.07) is 0. The molecule has 0 saturated carbocycles. The predicted molar refractivity (Wildman–Crippen MR) is 61.0 cm³/mol. The van der Waals surface area contributed by atoms with Crippen LogP contribution in [0.25, 0.3) is 0 Å². The summed E-state index contributed by atoms with van der Waals surface area (Å²) in [7, 11) is 0. The van der Waals surface area contributed by atoms with Crippen LogP contribution in [0.15, 0.2) is 11.3 Å². The minimum atomic E-state index is -0.228. The fourth-order valence-electron chi connectivity index (χ4n) is 2.95. The summed E-state index contributed by atoms with van der Waals surface area (Å²) in [6.45, 7) is 8.38. The molecule has 3 nitrogen and oxygen atoms in total. The molecule has 0 bridgehead atoms. The Hall–Kier alpha value is -0.830. The van der Waals surface area contributed by atoms with Crippen molar-refractivity contribution in [3.63, 3.8) is 0 Å². The van der Waals surface area contributed by atoms with E-state index in [-0.39, 0.29) is 17.5 Å². The highest BCUT2D eigenvalue weighted by atomic mass is 16.5. The molecule has 16 heavy (non-hydrogen) atoms. The molecule has 90 valence electrons. The lowest BCUT2D eigenvalue weighted by molar-refractivity contribution is -0.136. The summed E-state index contributed by atoms with van der Waals surface area (Å²) in [5.41, 5.74) is 0.512. The first-order valence-corrected chi connectivity index (χ1v) is 5.96. The van der Waals surface area contributed by atoms with Crippen LogP contribution >= 0.6 is 0 Å². The topological polar surface area (TPSA) is 35.5 Å². The fraction of sp³-hybridized carbons (Fsp3) is 0.769. The second kappa shape index (κ2) is 3.88.